The molecule has 4 nitrogen and oxygen atoms in total. The summed E-state index contributed by atoms with van der Waals surface area (Å²) in [4.78, 5) is 8.26. The molecule has 0 aromatic heterocycles. The van der Waals surface area contributed by atoms with Crippen LogP contribution in [-0.4, -0.2) is 58.9 Å². The normalized spacial score (nSPS) is 21.8. The number of piperidine rings is 3. The largest absolute Gasteiger partial charge is 0.296 e. The van der Waals surface area contributed by atoms with Crippen molar-refractivity contribution in [3.05, 3.63) is 59.7 Å². The fourth-order valence-corrected chi connectivity index (χ4v) is 9.38. The maximum Gasteiger partial charge on any atom is 0.0275 e. The van der Waals surface area contributed by atoms with Crippen LogP contribution in [-0.2, 0) is 13.1 Å². The Bertz CT molecular complexity index is 1100. The molecule has 0 amide bonds. The van der Waals surface area contributed by atoms with Gasteiger partial charge in [-0.2, -0.15) is 0 Å². The highest BCUT2D eigenvalue weighted by Gasteiger charge is 2.26. The van der Waals surface area contributed by atoms with E-state index in [0.29, 0.717) is 0 Å². The van der Waals surface area contributed by atoms with E-state index in [9.17, 15) is 0 Å². The maximum absolute atomic E-state index is 3.50. The van der Waals surface area contributed by atoms with Gasteiger partial charge in [-0.1, -0.05) is 97.1 Å². The Balaban J connectivity index is 0.000000209. The molecule has 5 rings (SSSR count). The van der Waals surface area contributed by atoms with E-state index in [4.69, 9.17) is 0 Å². The molecule has 0 spiro atoms. The van der Waals surface area contributed by atoms with E-state index in [1.807, 2.05) is 11.9 Å². The Morgan fingerprint density at radius 1 is 0.717 bits per heavy atom. The zero-order valence-corrected chi connectivity index (χ0v) is 31.7. The van der Waals surface area contributed by atoms with Crippen LogP contribution >= 0.6 is 23.9 Å². The minimum Gasteiger partial charge on any atom is -0.296 e. The molecule has 0 bridgehead atoms. The molecule has 258 valence electrons. The second kappa shape index (κ2) is 21.1. The Hall–Kier alpha value is -1.02. The first kappa shape index (κ1) is 37.8. The predicted molar refractivity (Wildman–Crippen MR) is 203 cm³/mol. The molecular weight excluding hydrogens is 601 g/mol. The Kier molecular flexibility index (Phi) is 17.4. The standard InChI is InChI=1S/C20H32N2S.C20H34N2S/c1-17(2)19-11-6-9-13-21(19)16-18-10-4-5-12-20(18)23-22-14-7-3-8-15-22;1-4-5-7-13-21-23-19-11-9-10-18(15-19)16-22-14-8-6-12-20(22)17(2)3/h4-5,10,12,17,19H,3,6-9,11,13-16H2,1-2H3;9-11,15,17,20-21H,4-8,12-14,16H2,1-3H3. The smallest absolute Gasteiger partial charge is 0.0275 e. The van der Waals surface area contributed by atoms with Gasteiger partial charge < -0.3 is 0 Å². The van der Waals surface area contributed by atoms with Crippen molar-refractivity contribution in [2.75, 3.05) is 32.7 Å². The lowest BCUT2D eigenvalue weighted by Crippen LogP contribution is -2.42. The van der Waals surface area contributed by atoms with Crippen LogP contribution in [0.3, 0.4) is 0 Å². The number of hydrogen-bond acceptors (Lipinski definition) is 6. The number of unbranched alkanes of at least 4 members (excludes halogenated alkanes) is 2. The van der Waals surface area contributed by atoms with Crippen LogP contribution in [0.15, 0.2) is 58.3 Å². The zero-order chi connectivity index (χ0) is 32.6. The van der Waals surface area contributed by atoms with E-state index in [-0.39, 0.29) is 0 Å². The molecule has 0 saturated carbocycles. The highest BCUT2D eigenvalue weighted by atomic mass is 32.2. The Morgan fingerprint density at radius 3 is 2.04 bits per heavy atom. The van der Waals surface area contributed by atoms with Crippen molar-refractivity contribution in [2.24, 2.45) is 11.8 Å². The molecule has 6 heteroatoms. The summed E-state index contributed by atoms with van der Waals surface area (Å²) in [6, 6.07) is 19.7. The summed E-state index contributed by atoms with van der Waals surface area (Å²) in [6.45, 7) is 20.1. The average molecular weight is 667 g/mol. The van der Waals surface area contributed by atoms with Crippen molar-refractivity contribution in [1.29, 1.82) is 0 Å². The summed E-state index contributed by atoms with van der Waals surface area (Å²) in [5, 5.41) is 0. The predicted octanol–water partition coefficient (Wildman–Crippen LogP) is 10.7. The first-order valence-electron chi connectivity index (χ1n) is 18.9. The number of benzene rings is 2. The lowest BCUT2D eigenvalue weighted by molar-refractivity contribution is 0.104. The van der Waals surface area contributed by atoms with Crippen LogP contribution in [0.1, 0.15) is 123 Å². The van der Waals surface area contributed by atoms with Gasteiger partial charge in [0.05, 0.1) is 0 Å². The van der Waals surface area contributed by atoms with E-state index in [1.165, 1.54) is 124 Å². The van der Waals surface area contributed by atoms with Crippen LogP contribution < -0.4 is 4.72 Å². The molecule has 3 fully saturated rings. The molecular formula is C40H66N4S2. The van der Waals surface area contributed by atoms with Gasteiger partial charge in [0.15, 0.2) is 0 Å². The third-order valence-electron chi connectivity index (χ3n) is 10.1. The first-order valence-corrected chi connectivity index (χ1v) is 20.5. The molecule has 2 aromatic carbocycles. The molecule has 3 heterocycles. The molecule has 3 aliphatic rings. The molecule has 1 N–H and O–H groups in total. The van der Waals surface area contributed by atoms with Crippen LogP contribution in [0.4, 0.5) is 0 Å². The van der Waals surface area contributed by atoms with Crippen molar-refractivity contribution >= 4 is 23.9 Å². The van der Waals surface area contributed by atoms with Gasteiger partial charge in [-0.25, -0.2) is 4.31 Å². The van der Waals surface area contributed by atoms with E-state index in [1.54, 1.807) is 11.9 Å². The second-order valence-corrected chi connectivity index (χ2v) is 16.7. The molecule has 0 radical (unpaired) electrons. The summed E-state index contributed by atoms with van der Waals surface area (Å²) in [5.74, 6) is 1.52. The van der Waals surface area contributed by atoms with Gasteiger partial charge in [-0.05, 0) is 123 Å². The number of nitrogens with one attached hydrogen (secondary N) is 1. The number of hydrogen-bond donors (Lipinski definition) is 1. The van der Waals surface area contributed by atoms with Gasteiger partial charge in [0.1, 0.15) is 0 Å². The summed E-state index contributed by atoms with van der Waals surface area (Å²) in [5.41, 5.74) is 2.98. The quantitative estimate of drug-likeness (QED) is 0.159. The summed E-state index contributed by atoms with van der Waals surface area (Å²) in [6.07, 6.45) is 16.3. The Labute approximate surface area is 292 Å². The third kappa shape index (κ3) is 12.8. The van der Waals surface area contributed by atoms with Crippen molar-refractivity contribution in [1.82, 2.24) is 18.8 Å². The molecule has 2 aromatic rings. The summed E-state index contributed by atoms with van der Waals surface area (Å²) in [7, 11) is 0. The highest BCUT2D eigenvalue weighted by molar-refractivity contribution is 7.97. The fourth-order valence-electron chi connectivity index (χ4n) is 7.50. The fraction of sp³-hybridized carbons (Fsp3) is 0.700. The van der Waals surface area contributed by atoms with Crippen molar-refractivity contribution in [3.8, 4) is 0 Å². The molecule has 46 heavy (non-hydrogen) atoms. The number of likely N-dealkylation sites (tertiary alicyclic amines) is 2. The lowest BCUT2D eigenvalue weighted by atomic mass is 9.92. The van der Waals surface area contributed by atoms with Gasteiger partial charge in [-0.3, -0.25) is 14.5 Å². The molecule has 0 aliphatic carbocycles. The number of nitrogens with zero attached hydrogens (tertiary/aromatic N) is 3. The van der Waals surface area contributed by atoms with Crippen LogP contribution in [0.5, 0.6) is 0 Å². The van der Waals surface area contributed by atoms with Gasteiger partial charge in [0.25, 0.3) is 0 Å². The first-order chi connectivity index (χ1) is 22.4. The molecule has 3 aliphatic heterocycles. The van der Waals surface area contributed by atoms with Crippen LogP contribution in [0, 0.1) is 11.8 Å². The number of rotatable bonds is 14. The third-order valence-corrected chi connectivity index (χ3v) is 12.2. The van der Waals surface area contributed by atoms with Gasteiger partial charge in [0, 0.05) is 54.6 Å². The van der Waals surface area contributed by atoms with Gasteiger partial charge in [0.2, 0.25) is 0 Å². The monoisotopic (exact) mass is 666 g/mol. The molecule has 2 unspecified atom stereocenters. The molecule has 2 atom stereocenters. The topological polar surface area (TPSA) is 21.8 Å². The maximum atomic E-state index is 3.50. The van der Waals surface area contributed by atoms with E-state index >= 15 is 0 Å². The SMILES string of the molecule is CC(C)C1CCCCN1Cc1ccccc1SN1CCCCC1.CCCCCNSc1cccc(CN2CCCCC2C(C)C)c1. The Morgan fingerprint density at radius 2 is 1.37 bits per heavy atom. The van der Waals surface area contributed by atoms with Crippen molar-refractivity contribution in [3.63, 3.8) is 0 Å². The summed E-state index contributed by atoms with van der Waals surface area (Å²) >= 11 is 3.78. The average Bonchev–Trinajstić information content (AvgIpc) is 3.07. The van der Waals surface area contributed by atoms with E-state index in [0.717, 1.165) is 43.6 Å². The second-order valence-electron chi connectivity index (χ2n) is 14.6. The van der Waals surface area contributed by atoms with Crippen LogP contribution in [0.2, 0.25) is 0 Å². The van der Waals surface area contributed by atoms with Crippen molar-refractivity contribution < 1.29 is 0 Å². The zero-order valence-electron chi connectivity index (χ0n) is 30.0. The molecule has 3 saturated heterocycles. The minimum atomic E-state index is 0.757. The van der Waals surface area contributed by atoms with Crippen molar-refractivity contribution in [2.45, 2.75) is 147 Å². The summed E-state index contributed by atoms with van der Waals surface area (Å²) < 4.78 is 6.07. The van der Waals surface area contributed by atoms with E-state index in [2.05, 4.69) is 102 Å². The minimum absolute atomic E-state index is 0.757. The van der Waals surface area contributed by atoms with Gasteiger partial charge >= 0.3 is 0 Å². The lowest BCUT2D eigenvalue weighted by Gasteiger charge is -2.38. The van der Waals surface area contributed by atoms with Crippen LogP contribution in [0.25, 0.3) is 0 Å². The van der Waals surface area contributed by atoms with E-state index < -0.39 is 0 Å². The van der Waals surface area contributed by atoms with Gasteiger partial charge in [-0.15, -0.1) is 0 Å². The highest BCUT2D eigenvalue weighted by Crippen LogP contribution is 2.32.